The van der Waals surface area contributed by atoms with E-state index in [1.54, 1.807) is 22.5 Å². The van der Waals surface area contributed by atoms with Crippen molar-refractivity contribution in [2.75, 3.05) is 5.32 Å². The third-order valence-electron chi connectivity index (χ3n) is 3.97. The molecule has 1 N–H and O–H groups in total. The summed E-state index contributed by atoms with van der Waals surface area (Å²) in [5.74, 6) is 0.421. The summed E-state index contributed by atoms with van der Waals surface area (Å²) in [6.45, 7) is 3.89. The van der Waals surface area contributed by atoms with Gasteiger partial charge in [0.1, 0.15) is 0 Å². The second-order valence-corrected chi connectivity index (χ2v) is 5.74. The van der Waals surface area contributed by atoms with Crippen LogP contribution in [0.4, 0.5) is 5.69 Å². The molecule has 2 aromatic heterocycles. The van der Waals surface area contributed by atoms with Crippen molar-refractivity contribution in [2.45, 2.75) is 13.8 Å². The van der Waals surface area contributed by atoms with Gasteiger partial charge in [0.2, 0.25) is 5.91 Å². The van der Waals surface area contributed by atoms with Crippen LogP contribution in [-0.4, -0.2) is 35.9 Å². The van der Waals surface area contributed by atoms with Crippen molar-refractivity contribution >= 4 is 17.7 Å². The Hall–Kier alpha value is -3.29. The number of hydrogen-bond donors (Lipinski definition) is 1. The van der Waals surface area contributed by atoms with Gasteiger partial charge in [-0.05, 0) is 42.5 Å². The molecule has 1 amide bonds. The molecule has 128 valence electrons. The fourth-order valence-corrected chi connectivity index (χ4v) is 2.58. The highest BCUT2D eigenvalue weighted by molar-refractivity contribution is 6.02. The van der Waals surface area contributed by atoms with E-state index in [-0.39, 0.29) is 5.91 Å². The maximum absolute atomic E-state index is 12.2. The van der Waals surface area contributed by atoms with Gasteiger partial charge >= 0.3 is 0 Å². The van der Waals surface area contributed by atoms with Gasteiger partial charge in [-0.1, -0.05) is 12.1 Å². The zero-order valence-corrected chi connectivity index (χ0v) is 14.6. The van der Waals surface area contributed by atoms with Crippen LogP contribution >= 0.6 is 0 Å². The number of nitrogens with one attached hydrogen (secondary N) is 1. The van der Waals surface area contributed by atoms with Gasteiger partial charge in [-0.25, -0.2) is 4.68 Å². The normalized spacial score (nSPS) is 11.2. The molecule has 0 saturated carbocycles. The molecule has 0 aliphatic rings. The molecule has 25 heavy (non-hydrogen) atoms. The first-order valence-corrected chi connectivity index (χ1v) is 7.78. The maximum Gasteiger partial charge on any atom is 0.248 e. The van der Waals surface area contributed by atoms with Crippen molar-refractivity contribution in [1.82, 2.24) is 30.0 Å². The smallest absolute Gasteiger partial charge is 0.248 e. The summed E-state index contributed by atoms with van der Waals surface area (Å²) in [6.07, 6.45) is 3.29. The van der Waals surface area contributed by atoms with Crippen molar-refractivity contribution in [2.24, 2.45) is 14.1 Å². The molecule has 0 fully saturated rings. The van der Waals surface area contributed by atoms with Gasteiger partial charge in [0.25, 0.3) is 0 Å². The Morgan fingerprint density at radius 1 is 1.20 bits per heavy atom. The lowest BCUT2D eigenvalue weighted by Crippen LogP contribution is -2.08. The Morgan fingerprint density at radius 2 is 2.00 bits per heavy atom. The highest BCUT2D eigenvalue weighted by atomic mass is 16.1. The van der Waals surface area contributed by atoms with Gasteiger partial charge in [0.05, 0.1) is 5.69 Å². The predicted octanol–water partition coefficient (Wildman–Crippen LogP) is 1.88. The molecule has 3 rings (SSSR count). The highest BCUT2D eigenvalue weighted by Gasteiger charge is 2.08. The SMILES string of the molecule is Cc1nn(C)c(C)c1/C=C/C(=O)Nc1cccc(-c2nnnn2C)c1. The molecule has 1 aromatic carbocycles. The Balaban J connectivity index is 1.75. The number of rotatable bonds is 4. The van der Waals surface area contributed by atoms with Crippen LogP contribution in [0, 0.1) is 13.8 Å². The molecule has 0 unspecified atom stereocenters. The Kier molecular flexibility index (Phi) is 4.42. The van der Waals surface area contributed by atoms with E-state index in [1.165, 1.54) is 6.08 Å². The number of carbonyl (C=O) groups excluding carboxylic acids is 1. The third kappa shape index (κ3) is 3.47. The van der Waals surface area contributed by atoms with Crippen molar-refractivity contribution in [3.05, 3.63) is 47.3 Å². The molecule has 0 radical (unpaired) electrons. The van der Waals surface area contributed by atoms with Gasteiger partial charge < -0.3 is 5.32 Å². The lowest BCUT2D eigenvalue weighted by molar-refractivity contribution is -0.111. The summed E-state index contributed by atoms with van der Waals surface area (Å²) in [5.41, 5.74) is 4.36. The lowest BCUT2D eigenvalue weighted by Gasteiger charge is -2.05. The third-order valence-corrected chi connectivity index (χ3v) is 3.97. The number of aryl methyl sites for hydroxylation is 3. The molecule has 0 aliphatic carbocycles. The second-order valence-electron chi connectivity index (χ2n) is 5.74. The quantitative estimate of drug-likeness (QED) is 0.734. The number of anilines is 1. The van der Waals surface area contributed by atoms with Gasteiger partial charge in [-0.2, -0.15) is 5.10 Å². The zero-order chi connectivity index (χ0) is 18.0. The van der Waals surface area contributed by atoms with Crippen molar-refractivity contribution in [3.63, 3.8) is 0 Å². The molecule has 0 spiro atoms. The largest absolute Gasteiger partial charge is 0.322 e. The molecule has 3 aromatic rings. The van der Waals surface area contributed by atoms with Crippen molar-refractivity contribution < 1.29 is 4.79 Å². The van der Waals surface area contributed by atoms with Crippen LogP contribution in [0.1, 0.15) is 17.0 Å². The molecule has 0 aliphatic heterocycles. The highest BCUT2D eigenvalue weighted by Crippen LogP contribution is 2.20. The van der Waals surface area contributed by atoms with Gasteiger partial charge in [-0.3, -0.25) is 9.48 Å². The van der Waals surface area contributed by atoms with Gasteiger partial charge in [-0.15, -0.1) is 5.10 Å². The van der Waals surface area contributed by atoms with Gasteiger partial charge in [0, 0.05) is 42.7 Å². The molecule has 0 bridgehead atoms. The summed E-state index contributed by atoms with van der Waals surface area (Å²) in [7, 11) is 3.65. The minimum Gasteiger partial charge on any atom is -0.322 e. The first-order valence-electron chi connectivity index (χ1n) is 7.78. The van der Waals surface area contributed by atoms with E-state index in [0.717, 1.165) is 22.5 Å². The predicted molar refractivity (Wildman–Crippen MR) is 94.6 cm³/mol. The minimum atomic E-state index is -0.212. The molecular weight excluding hydrogens is 318 g/mol. The first-order chi connectivity index (χ1) is 12.0. The van der Waals surface area contributed by atoms with Crippen LogP contribution in [0.2, 0.25) is 0 Å². The van der Waals surface area contributed by atoms with E-state index < -0.39 is 0 Å². The van der Waals surface area contributed by atoms with Crippen LogP contribution in [0.15, 0.2) is 30.3 Å². The number of carbonyl (C=O) groups is 1. The van der Waals surface area contributed by atoms with Crippen LogP contribution in [0.3, 0.4) is 0 Å². The molecule has 2 heterocycles. The molecule has 8 heteroatoms. The number of nitrogens with zero attached hydrogens (tertiary/aromatic N) is 6. The molecule has 8 nitrogen and oxygen atoms in total. The van der Waals surface area contributed by atoms with Crippen molar-refractivity contribution in [3.8, 4) is 11.4 Å². The van der Waals surface area contributed by atoms with Crippen LogP contribution in [0.25, 0.3) is 17.5 Å². The second kappa shape index (κ2) is 6.68. The Bertz CT molecular complexity index is 952. The van der Waals surface area contributed by atoms with Crippen LogP contribution in [-0.2, 0) is 18.9 Å². The topological polar surface area (TPSA) is 90.5 Å². The van der Waals surface area contributed by atoms with Crippen molar-refractivity contribution in [1.29, 1.82) is 0 Å². The fourth-order valence-electron chi connectivity index (χ4n) is 2.58. The summed E-state index contributed by atoms with van der Waals surface area (Å²) in [6, 6.07) is 7.38. The average molecular weight is 337 g/mol. The Labute approximate surface area is 145 Å². The van der Waals surface area contributed by atoms with E-state index in [0.29, 0.717) is 11.5 Å². The minimum absolute atomic E-state index is 0.212. The van der Waals surface area contributed by atoms with Gasteiger partial charge in [0.15, 0.2) is 5.82 Å². The standard InChI is InChI=1S/C17H19N7O/c1-11-15(12(2)23(3)20-11)8-9-16(25)18-14-7-5-6-13(10-14)17-19-21-22-24(17)4/h5-10H,1-4H3,(H,18,25)/b9-8+. The van der Waals surface area contributed by atoms with Crippen LogP contribution < -0.4 is 5.32 Å². The number of amides is 1. The van der Waals surface area contributed by atoms with Crippen LogP contribution in [0.5, 0.6) is 0 Å². The summed E-state index contributed by atoms with van der Waals surface area (Å²) in [4.78, 5) is 12.2. The molecule has 0 atom stereocenters. The number of benzene rings is 1. The van der Waals surface area contributed by atoms with E-state index in [9.17, 15) is 4.79 Å². The zero-order valence-electron chi connectivity index (χ0n) is 14.6. The maximum atomic E-state index is 12.2. The van der Waals surface area contributed by atoms with E-state index in [1.807, 2.05) is 45.2 Å². The fraction of sp³-hybridized carbons (Fsp3) is 0.235. The monoisotopic (exact) mass is 337 g/mol. The molecular formula is C17H19N7O. The molecule has 0 saturated heterocycles. The number of tetrazole rings is 1. The number of aromatic nitrogens is 6. The lowest BCUT2D eigenvalue weighted by atomic mass is 10.1. The average Bonchev–Trinajstić information content (AvgIpc) is 3.10. The number of hydrogen-bond acceptors (Lipinski definition) is 5. The van der Waals surface area contributed by atoms with E-state index in [4.69, 9.17) is 0 Å². The Morgan fingerprint density at radius 3 is 2.64 bits per heavy atom. The summed E-state index contributed by atoms with van der Waals surface area (Å²) < 4.78 is 3.38. The van der Waals surface area contributed by atoms with E-state index in [2.05, 4.69) is 25.9 Å². The summed E-state index contributed by atoms with van der Waals surface area (Å²) in [5, 5.41) is 18.6. The van der Waals surface area contributed by atoms with E-state index >= 15 is 0 Å². The first kappa shape index (κ1) is 16.6. The summed E-state index contributed by atoms with van der Waals surface area (Å²) >= 11 is 0.